The molecule has 1 aliphatic rings. The van der Waals surface area contributed by atoms with Crippen LogP contribution in [-0.2, 0) is 4.79 Å². The molecule has 1 heterocycles. The van der Waals surface area contributed by atoms with Crippen molar-refractivity contribution in [2.24, 2.45) is 0 Å². The van der Waals surface area contributed by atoms with Crippen LogP contribution in [0.3, 0.4) is 0 Å². The van der Waals surface area contributed by atoms with Gasteiger partial charge >= 0.3 is 0 Å². The Morgan fingerprint density at radius 3 is 2.42 bits per heavy atom. The van der Waals surface area contributed by atoms with Crippen molar-refractivity contribution in [1.29, 1.82) is 0 Å². The highest BCUT2D eigenvalue weighted by molar-refractivity contribution is 6.34. The zero-order valence-electron chi connectivity index (χ0n) is 14.6. The fraction of sp³-hybridized carbons (Fsp3) is 0.250. The zero-order valence-corrected chi connectivity index (χ0v) is 16.1. The maximum absolute atomic E-state index is 12.1. The molecule has 0 unspecified atom stereocenters. The molecule has 136 valence electrons. The molecular formula is C20H21Cl2N3O. The monoisotopic (exact) mass is 389 g/mol. The smallest absolute Gasteiger partial charge is 0.248 e. The van der Waals surface area contributed by atoms with Crippen LogP contribution in [0.4, 0.5) is 11.4 Å². The lowest BCUT2D eigenvalue weighted by atomic mass is 10.2. The van der Waals surface area contributed by atoms with Gasteiger partial charge < -0.3 is 15.1 Å². The number of anilines is 2. The molecule has 1 aliphatic heterocycles. The van der Waals surface area contributed by atoms with Gasteiger partial charge in [0.1, 0.15) is 0 Å². The maximum Gasteiger partial charge on any atom is 0.248 e. The van der Waals surface area contributed by atoms with Crippen LogP contribution in [0.25, 0.3) is 6.08 Å². The minimum absolute atomic E-state index is 0.214. The van der Waals surface area contributed by atoms with Crippen LogP contribution in [0.2, 0.25) is 10.0 Å². The number of benzene rings is 2. The van der Waals surface area contributed by atoms with E-state index in [1.807, 2.05) is 24.3 Å². The average Bonchev–Trinajstić information content (AvgIpc) is 2.64. The van der Waals surface area contributed by atoms with Gasteiger partial charge in [-0.3, -0.25) is 4.79 Å². The van der Waals surface area contributed by atoms with Gasteiger partial charge in [0, 0.05) is 53.7 Å². The Bertz CT molecular complexity index is 797. The van der Waals surface area contributed by atoms with Crippen LogP contribution >= 0.6 is 23.2 Å². The first kappa shape index (κ1) is 18.8. The molecule has 1 N–H and O–H groups in total. The van der Waals surface area contributed by atoms with Crippen molar-refractivity contribution in [3.05, 3.63) is 64.1 Å². The highest BCUT2D eigenvalue weighted by Crippen LogP contribution is 2.22. The van der Waals surface area contributed by atoms with Gasteiger partial charge in [-0.15, -0.1) is 0 Å². The van der Waals surface area contributed by atoms with Crippen LogP contribution in [0.1, 0.15) is 5.56 Å². The lowest BCUT2D eigenvalue weighted by molar-refractivity contribution is -0.111. The Hall–Kier alpha value is -2.01. The fourth-order valence-electron chi connectivity index (χ4n) is 2.81. The Morgan fingerprint density at radius 2 is 1.73 bits per heavy atom. The van der Waals surface area contributed by atoms with E-state index in [1.165, 1.54) is 11.8 Å². The largest absolute Gasteiger partial charge is 0.369 e. The number of amides is 1. The van der Waals surface area contributed by atoms with Crippen molar-refractivity contribution >= 4 is 46.6 Å². The Morgan fingerprint density at radius 1 is 1.04 bits per heavy atom. The molecule has 0 saturated carbocycles. The van der Waals surface area contributed by atoms with E-state index in [-0.39, 0.29) is 5.91 Å². The number of nitrogens with zero attached hydrogens (tertiary/aromatic N) is 2. The molecule has 6 heteroatoms. The molecular weight excluding hydrogens is 369 g/mol. The Balaban J connectivity index is 1.59. The van der Waals surface area contributed by atoms with Gasteiger partial charge in [-0.25, -0.2) is 0 Å². The van der Waals surface area contributed by atoms with E-state index in [4.69, 9.17) is 23.2 Å². The third kappa shape index (κ3) is 5.01. The van der Waals surface area contributed by atoms with Gasteiger partial charge in [-0.05, 0) is 61.2 Å². The molecule has 3 rings (SSSR count). The molecule has 0 bridgehead atoms. The lowest BCUT2D eigenvalue weighted by Crippen LogP contribution is -2.44. The Labute approximate surface area is 164 Å². The van der Waals surface area contributed by atoms with Crippen molar-refractivity contribution in [3.63, 3.8) is 0 Å². The first-order chi connectivity index (χ1) is 12.5. The van der Waals surface area contributed by atoms with Gasteiger partial charge in [0.2, 0.25) is 5.91 Å². The second-order valence-corrected chi connectivity index (χ2v) is 7.17. The molecule has 0 aliphatic carbocycles. The average molecular weight is 390 g/mol. The third-order valence-electron chi connectivity index (χ3n) is 4.38. The standard InChI is InChI=1S/C20H21Cl2N3O/c1-24-10-12-25(13-11-24)18-6-4-17(5-7-18)23-20(26)9-2-15-14-16(21)3-8-19(15)22/h2-9,14H,10-13H2,1H3,(H,23,26)/b9-2+. The number of piperazine rings is 1. The van der Waals surface area contributed by atoms with Crippen LogP contribution in [-0.4, -0.2) is 44.0 Å². The number of halogens is 2. The minimum atomic E-state index is -0.214. The molecule has 1 saturated heterocycles. The summed E-state index contributed by atoms with van der Waals surface area (Å²) in [5, 5.41) is 3.98. The van der Waals surface area contributed by atoms with Gasteiger partial charge in [0.25, 0.3) is 0 Å². The molecule has 0 spiro atoms. The van der Waals surface area contributed by atoms with Crippen LogP contribution < -0.4 is 10.2 Å². The summed E-state index contributed by atoms with van der Waals surface area (Å²) in [4.78, 5) is 16.8. The summed E-state index contributed by atoms with van der Waals surface area (Å²) in [6, 6.07) is 13.1. The normalized spacial score (nSPS) is 15.4. The number of carbonyl (C=O) groups excluding carboxylic acids is 1. The molecule has 2 aromatic carbocycles. The summed E-state index contributed by atoms with van der Waals surface area (Å²) < 4.78 is 0. The SMILES string of the molecule is CN1CCN(c2ccc(NC(=O)/C=C/c3cc(Cl)ccc3Cl)cc2)CC1. The number of nitrogens with one attached hydrogen (secondary N) is 1. The predicted molar refractivity (Wildman–Crippen MR) is 110 cm³/mol. The van der Waals surface area contributed by atoms with Crippen LogP contribution in [0.15, 0.2) is 48.5 Å². The van der Waals surface area contributed by atoms with Gasteiger partial charge in [-0.1, -0.05) is 23.2 Å². The number of likely N-dealkylation sites (N-methyl/N-ethyl adjacent to an activating group) is 1. The summed E-state index contributed by atoms with van der Waals surface area (Å²) >= 11 is 12.0. The molecule has 2 aromatic rings. The molecule has 26 heavy (non-hydrogen) atoms. The topological polar surface area (TPSA) is 35.6 Å². The second kappa shape index (κ2) is 8.58. The number of rotatable bonds is 4. The van der Waals surface area contributed by atoms with E-state index < -0.39 is 0 Å². The number of hydrogen-bond donors (Lipinski definition) is 1. The van der Waals surface area contributed by atoms with Crippen molar-refractivity contribution in [3.8, 4) is 0 Å². The van der Waals surface area contributed by atoms with Gasteiger partial charge in [0.05, 0.1) is 0 Å². The third-order valence-corrected chi connectivity index (χ3v) is 4.95. The quantitative estimate of drug-likeness (QED) is 0.787. The van der Waals surface area contributed by atoms with E-state index in [0.29, 0.717) is 15.6 Å². The molecule has 1 amide bonds. The molecule has 0 radical (unpaired) electrons. The second-order valence-electron chi connectivity index (χ2n) is 6.33. The van der Waals surface area contributed by atoms with Crippen LogP contribution in [0, 0.1) is 0 Å². The summed E-state index contributed by atoms with van der Waals surface area (Å²) in [5.74, 6) is -0.214. The highest BCUT2D eigenvalue weighted by Gasteiger charge is 2.14. The van der Waals surface area contributed by atoms with Crippen molar-refractivity contribution in [1.82, 2.24) is 4.90 Å². The van der Waals surface area contributed by atoms with Gasteiger partial charge in [0.15, 0.2) is 0 Å². The van der Waals surface area contributed by atoms with Gasteiger partial charge in [-0.2, -0.15) is 0 Å². The Kier molecular flexibility index (Phi) is 6.20. The fourth-order valence-corrected chi connectivity index (χ4v) is 3.17. The van der Waals surface area contributed by atoms with Crippen molar-refractivity contribution in [2.45, 2.75) is 0 Å². The molecule has 4 nitrogen and oxygen atoms in total. The maximum atomic E-state index is 12.1. The minimum Gasteiger partial charge on any atom is -0.369 e. The predicted octanol–water partition coefficient (Wildman–Crippen LogP) is 4.40. The van der Waals surface area contributed by atoms with Crippen molar-refractivity contribution < 1.29 is 4.79 Å². The van der Waals surface area contributed by atoms with Crippen molar-refractivity contribution in [2.75, 3.05) is 43.4 Å². The van der Waals surface area contributed by atoms with E-state index in [0.717, 1.165) is 31.9 Å². The number of hydrogen-bond acceptors (Lipinski definition) is 3. The molecule has 0 aromatic heterocycles. The van der Waals surface area contributed by atoms with E-state index >= 15 is 0 Å². The van der Waals surface area contributed by atoms with E-state index in [2.05, 4.69) is 22.2 Å². The first-order valence-electron chi connectivity index (χ1n) is 8.49. The summed E-state index contributed by atoms with van der Waals surface area (Å²) in [5.41, 5.74) is 2.65. The van der Waals surface area contributed by atoms with E-state index in [9.17, 15) is 4.79 Å². The summed E-state index contributed by atoms with van der Waals surface area (Å²) in [6.45, 7) is 4.17. The van der Waals surface area contributed by atoms with Crippen LogP contribution in [0.5, 0.6) is 0 Å². The zero-order chi connectivity index (χ0) is 18.5. The summed E-state index contributed by atoms with van der Waals surface area (Å²) in [6.07, 6.45) is 3.11. The molecule has 0 atom stereocenters. The summed E-state index contributed by atoms with van der Waals surface area (Å²) in [7, 11) is 2.14. The van der Waals surface area contributed by atoms with E-state index in [1.54, 1.807) is 24.3 Å². The highest BCUT2D eigenvalue weighted by atomic mass is 35.5. The first-order valence-corrected chi connectivity index (χ1v) is 9.24. The lowest BCUT2D eigenvalue weighted by Gasteiger charge is -2.34. The number of carbonyl (C=O) groups is 1. The molecule has 1 fully saturated rings.